The predicted molar refractivity (Wildman–Crippen MR) is 86.8 cm³/mol. The minimum Gasteiger partial charge on any atom is -0.338 e. The highest BCUT2D eigenvalue weighted by molar-refractivity contribution is 5.83. The fourth-order valence-electron chi connectivity index (χ4n) is 3.74. The average molecular weight is 310 g/mol. The molecule has 2 aliphatic rings. The summed E-state index contributed by atoms with van der Waals surface area (Å²) < 4.78 is 1.97. The van der Waals surface area contributed by atoms with Crippen LogP contribution >= 0.6 is 0 Å². The maximum Gasteiger partial charge on any atom is 0.226 e. The maximum absolute atomic E-state index is 12.9. The number of nitrogens with zero attached hydrogens (tertiary/aromatic N) is 4. The highest BCUT2D eigenvalue weighted by Gasteiger charge is 2.47. The van der Waals surface area contributed by atoms with Gasteiger partial charge >= 0.3 is 0 Å². The van der Waals surface area contributed by atoms with E-state index in [4.69, 9.17) is 0 Å². The lowest BCUT2D eigenvalue weighted by Crippen LogP contribution is -2.39. The van der Waals surface area contributed by atoms with E-state index in [1.54, 1.807) is 6.20 Å². The Morgan fingerprint density at radius 2 is 2.30 bits per heavy atom. The number of pyridine rings is 1. The molecule has 3 heterocycles. The van der Waals surface area contributed by atoms with Gasteiger partial charge in [0, 0.05) is 31.1 Å². The molecule has 1 saturated carbocycles. The second-order valence-electron chi connectivity index (χ2n) is 6.80. The van der Waals surface area contributed by atoms with E-state index in [9.17, 15) is 4.79 Å². The van der Waals surface area contributed by atoms with Crippen LogP contribution in [0.4, 0.5) is 0 Å². The Morgan fingerprint density at radius 1 is 1.39 bits per heavy atom. The number of rotatable bonds is 4. The molecule has 1 aliphatic heterocycles. The summed E-state index contributed by atoms with van der Waals surface area (Å²) in [5, 5.41) is 4.37. The van der Waals surface area contributed by atoms with Gasteiger partial charge in [0.15, 0.2) is 0 Å². The number of carbonyl (C=O) groups excluding carboxylic acids is 1. The molecule has 23 heavy (non-hydrogen) atoms. The van der Waals surface area contributed by atoms with Gasteiger partial charge in [0.2, 0.25) is 5.91 Å². The zero-order valence-corrected chi connectivity index (χ0v) is 13.4. The molecule has 2 aromatic heterocycles. The van der Waals surface area contributed by atoms with Crippen molar-refractivity contribution in [2.24, 2.45) is 5.92 Å². The molecule has 1 aliphatic carbocycles. The van der Waals surface area contributed by atoms with Crippen LogP contribution in [-0.2, 0) is 11.3 Å². The first-order valence-corrected chi connectivity index (χ1v) is 8.42. The van der Waals surface area contributed by atoms with Crippen molar-refractivity contribution < 1.29 is 4.79 Å². The Morgan fingerprint density at radius 3 is 3.04 bits per heavy atom. The predicted octanol–water partition coefficient (Wildman–Crippen LogP) is 2.38. The lowest BCUT2D eigenvalue weighted by molar-refractivity contribution is -0.133. The second kappa shape index (κ2) is 5.80. The Bertz CT molecular complexity index is 696. The van der Waals surface area contributed by atoms with Gasteiger partial charge < -0.3 is 4.90 Å². The number of aryl methyl sites for hydroxylation is 1. The SMILES string of the molecule is Cc1cnn(C[C@@H]2CCCN2C(=O)[C@H]2C[C@@H]2c2cccnc2)c1. The molecule has 5 heteroatoms. The van der Waals surface area contributed by atoms with Crippen molar-refractivity contribution in [3.8, 4) is 0 Å². The Hall–Kier alpha value is -2.17. The topological polar surface area (TPSA) is 51.0 Å². The van der Waals surface area contributed by atoms with E-state index in [0.717, 1.165) is 32.4 Å². The van der Waals surface area contributed by atoms with Crippen LogP contribution in [0.15, 0.2) is 36.9 Å². The van der Waals surface area contributed by atoms with E-state index in [1.165, 1.54) is 11.1 Å². The molecule has 2 aromatic rings. The molecule has 120 valence electrons. The van der Waals surface area contributed by atoms with Crippen molar-refractivity contribution in [3.63, 3.8) is 0 Å². The van der Waals surface area contributed by atoms with Gasteiger partial charge in [-0.05, 0) is 49.3 Å². The molecule has 0 aromatic carbocycles. The standard InChI is InChI=1S/C18H22N4O/c1-13-9-20-21(11-13)12-15-5-3-7-22(15)18(23)17-8-16(17)14-4-2-6-19-10-14/h2,4,6,9-11,15-17H,3,5,7-8,12H2,1H3/t15-,16+,17-/m0/s1. The normalized spacial score (nSPS) is 26.5. The van der Waals surface area contributed by atoms with Gasteiger partial charge in [-0.25, -0.2) is 0 Å². The molecular formula is C18H22N4O. The minimum atomic E-state index is 0.152. The summed E-state index contributed by atoms with van der Waals surface area (Å²) in [6.07, 6.45) is 10.7. The highest BCUT2D eigenvalue weighted by atomic mass is 16.2. The number of carbonyl (C=O) groups is 1. The van der Waals surface area contributed by atoms with Crippen molar-refractivity contribution in [1.82, 2.24) is 19.7 Å². The molecule has 2 fully saturated rings. The van der Waals surface area contributed by atoms with Crippen molar-refractivity contribution >= 4 is 5.91 Å². The summed E-state index contributed by atoms with van der Waals surface area (Å²) in [4.78, 5) is 19.1. The van der Waals surface area contributed by atoms with Gasteiger partial charge in [0.05, 0.1) is 18.8 Å². The fraction of sp³-hybridized carbons (Fsp3) is 0.500. The van der Waals surface area contributed by atoms with Crippen LogP contribution in [0.2, 0.25) is 0 Å². The summed E-state index contributed by atoms with van der Waals surface area (Å²) in [5.74, 6) is 0.841. The monoisotopic (exact) mass is 310 g/mol. The lowest BCUT2D eigenvalue weighted by atomic mass is 10.1. The van der Waals surface area contributed by atoms with Crippen LogP contribution in [0, 0.1) is 12.8 Å². The van der Waals surface area contributed by atoms with E-state index in [-0.39, 0.29) is 12.0 Å². The summed E-state index contributed by atoms with van der Waals surface area (Å²) in [6, 6.07) is 4.32. The third-order valence-corrected chi connectivity index (χ3v) is 5.04. The van der Waals surface area contributed by atoms with Gasteiger partial charge in [-0.1, -0.05) is 6.07 Å². The first-order valence-electron chi connectivity index (χ1n) is 8.42. The van der Waals surface area contributed by atoms with Crippen LogP contribution in [-0.4, -0.2) is 38.2 Å². The molecule has 5 nitrogen and oxygen atoms in total. The molecule has 1 saturated heterocycles. The van der Waals surface area contributed by atoms with E-state index < -0.39 is 0 Å². The van der Waals surface area contributed by atoms with Crippen LogP contribution < -0.4 is 0 Å². The number of amides is 1. The number of hydrogen-bond acceptors (Lipinski definition) is 3. The smallest absolute Gasteiger partial charge is 0.226 e. The molecule has 1 amide bonds. The van der Waals surface area contributed by atoms with Gasteiger partial charge in [0.25, 0.3) is 0 Å². The first-order chi connectivity index (χ1) is 11.2. The first kappa shape index (κ1) is 14.4. The highest BCUT2D eigenvalue weighted by Crippen LogP contribution is 2.48. The molecule has 0 unspecified atom stereocenters. The van der Waals surface area contributed by atoms with Crippen molar-refractivity contribution in [2.45, 2.75) is 44.7 Å². The lowest BCUT2D eigenvalue weighted by Gasteiger charge is -2.25. The van der Waals surface area contributed by atoms with Gasteiger partial charge in [0.1, 0.15) is 0 Å². The van der Waals surface area contributed by atoms with E-state index in [0.29, 0.717) is 11.8 Å². The van der Waals surface area contributed by atoms with E-state index in [2.05, 4.69) is 27.2 Å². The van der Waals surface area contributed by atoms with Crippen molar-refractivity contribution in [1.29, 1.82) is 0 Å². The maximum atomic E-state index is 12.9. The third kappa shape index (κ3) is 2.87. The molecule has 0 N–H and O–H groups in total. The van der Waals surface area contributed by atoms with Gasteiger partial charge in [-0.2, -0.15) is 5.10 Å². The summed E-state index contributed by atoms with van der Waals surface area (Å²) in [6.45, 7) is 3.74. The zero-order valence-electron chi connectivity index (χ0n) is 13.4. The molecule has 3 atom stereocenters. The van der Waals surface area contributed by atoms with Crippen LogP contribution in [0.3, 0.4) is 0 Å². The summed E-state index contributed by atoms with van der Waals surface area (Å²) in [7, 11) is 0. The van der Waals surface area contributed by atoms with E-state index >= 15 is 0 Å². The minimum absolute atomic E-state index is 0.152. The third-order valence-electron chi connectivity index (χ3n) is 5.04. The number of likely N-dealkylation sites (tertiary alicyclic amines) is 1. The average Bonchev–Trinajstić information content (AvgIpc) is 3.07. The molecule has 4 rings (SSSR count). The van der Waals surface area contributed by atoms with Crippen LogP contribution in [0.5, 0.6) is 0 Å². The van der Waals surface area contributed by atoms with Crippen molar-refractivity contribution in [2.75, 3.05) is 6.54 Å². The summed E-state index contributed by atoms with van der Waals surface area (Å²) in [5.41, 5.74) is 2.36. The fourth-order valence-corrected chi connectivity index (χ4v) is 3.74. The molecule has 0 bridgehead atoms. The zero-order chi connectivity index (χ0) is 15.8. The van der Waals surface area contributed by atoms with Gasteiger partial charge in [-0.3, -0.25) is 14.5 Å². The molecule has 0 spiro atoms. The van der Waals surface area contributed by atoms with E-state index in [1.807, 2.05) is 30.1 Å². The second-order valence-corrected chi connectivity index (χ2v) is 6.80. The summed E-state index contributed by atoms with van der Waals surface area (Å²) >= 11 is 0. The van der Waals surface area contributed by atoms with Crippen LogP contribution in [0.1, 0.15) is 36.3 Å². The quantitative estimate of drug-likeness (QED) is 0.871. The Balaban J connectivity index is 1.42. The van der Waals surface area contributed by atoms with Gasteiger partial charge in [-0.15, -0.1) is 0 Å². The van der Waals surface area contributed by atoms with Crippen molar-refractivity contribution in [3.05, 3.63) is 48.0 Å². The Kier molecular flexibility index (Phi) is 3.63. The molecular weight excluding hydrogens is 288 g/mol. The van der Waals surface area contributed by atoms with Crippen LogP contribution in [0.25, 0.3) is 0 Å². The molecule has 0 radical (unpaired) electrons. The Labute approximate surface area is 136 Å². The number of hydrogen-bond donors (Lipinski definition) is 0. The number of aromatic nitrogens is 3. The largest absolute Gasteiger partial charge is 0.338 e.